The molecule has 0 amide bonds. The van der Waals surface area contributed by atoms with Crippen LogP contribution in [0.2, 0.25) is 5.15 Å². The predicted molar refractivity (Wildman–Crippen MR) is 78.1 cm³/mol. The topological polar surface area (TPSA) is 36.7 Å². The van der Waals surface area contributed by atoms with Gasteiger partial charge in [-0.25, -0.2) is 4.98 Å². The SMILES string of the molecule is CCC(C)c1ccc(-c2ccc(C#N)c(Cl)n2)cc1. The normalized spacial score (nSPS) is 11.9. The highest BCUT2D eigenvalue weighted by atomic mass is 35.5. The van der Waals surface area contributed by atoms with Gasteiger partial charge in [0.2, 0.25) is 0 Å². The van der Waals surface area contributed by atoms with Gasteiger partial charge in [-0.3, -0.25) is 0 Å². The molecular formula is C16H15ClN2. The van der Waals surface area contributed by atoms with Crippen LogP contribution in [0.5, 0.6) is 0 Å². The van der Waals surface area contributed by atoms with Gasteiger partial charge in [-0.2, -0.15) is 5.26 Å². The maximum atomic E-state index is 8.83. The van der Waals surface area contributed by atoms with Crippen molar-refractivity contribution in [1.82, 2.24) is 4.98 Å². The Morgan fingerprint density at radius 3 is 2.42 bits per heavy atom. The van der Waals surface area contributed by atoms with Crippen molar-refractivity contribution in [3.05, 3.63) is 52.7 Å². The highest BCUT2D eigenvalue weighted by molar-refractivity contribution is 6.30. The van der Waals surface area contributed by atoms with Gasteiger partial charge in [-0.1, -0.05) is 49.7 Å². The Hall–Kier alpha value is -1.85. The van der Waals surface area contributed by atoms with Crippen molar-refractivity contribution in [3.63, 3.8) is 0 Å². The summed E-state index contributed by atoms with van der Waals surface area (Å²) in [6, 6.07) is 13.9. The second kappa shape index (κ2) is 5.86. The average Bonchev–Trinajstić information content (AvgIpc) is 2.46. The molecular weight excluding hydrogens is 256 g/mol. The van der Waals surface area contributed by atoms with Crippen molar-refractivity contribution in [3.8, 4) is 17.3 Å². The van der Waals surface area contributed by atoms with Crippen LogP contribution in [0.4, 0.5) is 0 Å². The first-order chi connectivity index (χ1) is 9.15. The zero-order valence-corrected chi connectivity index (χ0v) is 11.8. The number of benzene rings is 1. The number of aromatic nitrogens is 1. The van der Waals surface area contributed by atoms with Gasteiger partial charge in [0.05, 0.1) is 11.3 Å². The van der Waals surface area contributed by atoms with E-state index in [4.69, 9.17) is 16.9 Å². The monoisotopic (exact) mass is 270 g/mol. The summed E-state index contributed by atoms with van der Waals surface area (Å²) < 4.78 is 0. The molecule has 1 aromatic heterocycles. The molecule has 2 aromatic rings. The van der Waals surface area contributed by atoms with E-state index >= 15 is 0 Å². The number of hydrogen-bond donors (Lipinski definition) is 0. The fraction of sp³-hybridized carbons (Fsp3) is 0.250. The van der Waals surface area contributed by atoms with Crippen molar-refractivity contribution < 1.29 is 0 Å². The molecule has 0 radical (unpaired) electrons. The first kappa shape index (κ1) is 13.6. The molecule has 2 nitrogen and oxygen atoms in total. The number of pyridine rings is 1. The zero-order chi connectivity index (χ0) is 13.8. The summed E-state index contributed by atoms with van der Waals surface area (Å²) in [5, 5.41) is 9.09. The minimum absolute atomic E-state index is 0.256. The van der Waals surface area contributed by atoms with E-state index < -0.39 is 0 Å². The molecule has 0 fully saturated rings. The van der Waals surface area contributed by atoms with Crippen LogP contribution in [0.25, 0.3) is 11.3 Å². The largest absolute Gasteiger partial charge is 0.235 e. The van der Waals surface area contributed by atoms with Gasteiger partial charge in [-0.15, -0.1) is 0 Å². The second-order valence-corrected chi connectivity index (χ2v) is 4.94. The van der Waals surface area contributed by atoms with Gasteiger partial charge < -0.3 is 0 Å². The van der Waals surface area contributed by atoms with Crippen molar-refractivity contribution >= 4 is 11.6 Å². The molecule has 1 aromatic carbocycles. The zero-order valence-electron chi connectivity index (χ0n) is 11.0. The lowest BCUT2D eigenvalue weighted by Crippen LogP contribution is -1.92. The molecule has 0 spiro atoms. The molecule has 0 saturated heterocycles. The third-order valence-corrected chi connectivity index (χ3v) is 3.65. The average molecular weight is 271 g/mol. The van der Waals surface area contributed by atoms with E-state index in [1.54, 1.807) is 6.07 Å². The highest BCUT2D eigenvalue weighted by Gasteiger charge is 2.06. The van der Waals surface area contributed by atoms with Crippen LogP contribution in [0.15, 0.2) is 36.4 Å². The van der Waals surface area contributed by atoms with Crippen molar-refractivity contribution in [2.24, 2.45) is 0 Å². The standard InChI is InChI=1S/C16H15ClN2/c1-3-11(2)12-4-6-13(7-5-12)15-9-8-14(10-18)16(17)19-15/h4-9,11H,3H2,1-2H3. The Balaban J connectivity index is 2.33. The molecule has 96 valence electrons. The number of hydrogen-bond acceptors (Lipinski definition) is 2. The first-order valence-electron chi connectivity index (χ1n) is 6.32. The van der Waals surface area contributed by atoms with E-state index in [2.05, 4.69) is 31.0 Å². The number of rotatable bonds is 3. The quantitative estimate of drug-likeness (QED) is 0.752. The summed E-state index contributed by atoms with van der Waals surface area (Å²) in [7, 11) is 0. The number of halogens is 1. The number of nitrogens with zero attached hydrogens (tertiary/aromatic N) is 2. The molecule has 19 heavy (non-hydrogen) atoms. The van der Waals surface area contributed by atoms with E-state index in [9.17, 15) is 0 Å². The van der Waals surface area contributed by atoms with Crippen LogP contribution in [0, 0.1) is 11.3 Å². The van der Waals surface area contributed by atoms with Gasteiger partial charge >= 0.3 is 0 Å². The van der Waals surface area contributed by atoms with Crippen molar-refractivity contribution in [2.75, 3.05) is 0 Å². The Bertz CT molecular complexity index is 612. The summed E-state index contributed by atoms with van der Waals surface area (Å²) in [5.74, 6) is 0.562. The molecule has 0 bridgehead atoms. The third kappa shape index (κ3) is 2.94. The first-order valence-corrected chi connectivity index (χ1v) is 6.70. The van der Waals surface area contributed by atoms with E-state index in [0.717, 1.165) is 17.7 Å². The maximum absolute atomic E-state index is 8.83. The molecule has 0 aliphatic heterocycles. The third-order valence-electron chi connectivity index (χ3n) is 3.36. The molecule has 1 atom stereocenters. The fourth-order valence-corrected chi connectivity index (χ4v) is 2.09. The highest BCUT2D eigenvalue weighted by Crippen LogP contribution is 2.25. The van der Waals surface area contributed by atoms with E-state index in [1.165, 1.54) is 5.56 Å². The summed E-state index contributed by atoms with van der Waals surface area (Å²) in [5.41, 5.74) is 3.53. The van der Waals surface area contributed by atoms with Gasteiger partial charge in [-0.05, 0) is 30.0 Å². The number of nitriles is 1. The second-order valence-electron chi connectivity index (χ2n) is 4.58. The summed E-state index contributed by atoms with van der Waals surface area (Å²) in [6.45, 7) is 4.40. The Morgan fingerprint density at radius 1 is 1.21 bits per heavy atom. The van der Waals surface area contributed by atoms with Gasteiger partial charge in [0.1, 0.15) is 11.2 Å². The smallest absolute Gasteiger partial charge is 0.147 e. The van der Waals surface area contributed by atoms with Crippen LogP contribution < -0.4 is 0 Å². The Labute approximate surface area is 118 Å². The molecule has 1 heterocycles. The van der Waals surface area contributed by atoms with E-state index in [0.29, 0.717) is 11.5 Å². The van der Waals surface area contributed by atoms with Gasteiger partial charge in [0, 0.05) is 5.56 Å². The molecule has 1 unspecified atom stereocenters. The lowest BCUT2D eigenvalue weighted by atomic mass is 9.97. The van der Waals surface area contributed by atoms with Gasteiger partial charge in [0.15, 0.2) is 0 Å². The van der Waals surface area contributed by atoms with Crippen LogP contribution >= 0.6 is 11.6 Å². The van der Waals surface area contributed by atoms with Crippen molar-refractivity contribution in [2.45, 2.75) is 26.2 Å². The molecule has 3 heteroatoms. The Kier molecular flexibility index (Phi) is 4.19. The van der Waals surface area contributed by atoms with Gasteiger partial charge in [0.25, 0.3) is 0 Å². The van der Waals surface area contributed by atoms with Crippen molar-refractivity contribution in [1.29, 1.82) is 5.26 Å². The lowest BCUT2D eigenvalue weighted by Gasteiger charge is -2.09. The van der Waals surface area contributed by atoms with Crippen LogP contribution in [0.3, 0.4) is 0 Å². The fourth-order valence-electron chi connectivity index (χ4n) is 1.90. The summed E-state index contributed by atoms with van der Waals surface area (Å²) >= 11 is 5.95. The van der Waals surface area contributed by atoms with Crippen LogP contribution in [0.1, 0.15) is 37.3 Å². The molecule has 0 aliphatic rings. The van der Waals surface area contributed by atoms with Crippen LogP contribution in [-0.4, -0.2) is 4.98 Å². The summed E-state index contributed by atoms with van der Waals surface area (Å²) in [6.07, 6.45) is 1.13. The predicted octanol–water partition coefficient (Wildman–Crippen LogP) is 4.79. The minimum Gasteiger partial charge on any atom is -0.235 e. The molecule has 2 rings (SSSR count). The summed E-state index contributed by atoms with van der Waals surface area (Å²) in [4.78, 5) is 4.25. The lowest BCUT2D eigenvalue weighted by molar-refractivity contribution is 0.734. The Morgan fingerprint density at radius 2 is 1.89 bits per heavy atom. The minimum atomic E-state index is 0.256. The molecule has 0 N–H and O–H groups in total. The van der Waals surface area contributed by atoms with E-state index in [1.807, 2.05) is 24.3 Å². The van der Waals surface area contributed by atoms with E-state index in [-0.39, 0.29) is 5.15 Å². The molecule has 0 aliphatic carbocycles. The van der Waals surface area contributed by atoms with Crippen LogP contribution in [-0.2, 0) is 0 Å². The molecule has 0 saturated carbocycles. The maximum Gasteiger partial charge on any atom is 0.147 e.